The number of nitrogens with two attached hydrogens (primary N) is 1. The Kier molecular flexibility index (Phi) is 16.1. The van der Waals surface area contributed by atoms with Crippen LogP contribution in [0.5, 0.6) is 0 Å². The smallest absolute Gasteiger partial charge is 0.252 e. The molecule has 2 heterocycles. The number of aromatic nitrogens is 1. The van der Waals surface area contributed by atoms with Crippen LogP contribution in [0.25, 0.3) is 10.8 Å². The van der Waals surface area contributed by atoms with E-state index in [1.165, 1.54) is 23.6 Å². The second-order valence-electron chi connectivity index (χ2n) is 15.4. The summed E-state index contributed by atoms with van der Waals surface area (Å²) in [6, 6.07) is 17.8. The van der Waals surface area contributed by atoms with Gasteiger partial charge in [0.15, 0.2) is 0 Å². The number of nitrogens with one attached hydrogen (secondary N) is 1. The van der Waals surface area contributed by atoms with Crippen molar-refractivity contribution in [3.05, 3.63) is 78.1 Å². The van der Waals surface area contributed by atoms with E-state index in [2.05, 4.69) is 10.3 Å². The predicted molar refractivity (Wildman–Crippen MR) is 217 cm³/mol. The molecule has 298 valence electrons. The Balaban J connectivity index is 1.38. The van der Waals surface area contributed by atoms with Crippen LogP contribution in [0.1, 0.15) is 82.4 Å². The third kappa shape index (κ3) is 11.8. The lowest BCUT2D eigenvalue weighted by molar-refractivity contribution is -0.152. The summed E-state index contributed by atoms with van der Waals surface area (Å²) in [6.07, 6.45) is 8.20. The number of nitrogens with zero attached hydrogens (tertiary/aromatic N) is 3. The molecule has 5 N–H and O–H groups in total. The molecule has 0 radical (unpaired) electrons. The van der Waals surface area contributed by atoms with E-state index in [-0.39, 0.29) is 49.3 Å². The number of aliphatic hydroxyl groups is 2. The average molecular weight is 774 g/mol. The fraction of sp³-hybridized carbons (Fsp3) is 0.558. The van der Waals surface area contributed by atoms with Crippen LogP contribution in [0.2, 0.25) is 0 Å². The van der Waals surface area contributed by atoms with Gasteiger partial charge in [-0.05, 0) is 92.0 Å². The number of piperidine rings is 1. The maximum absolute atomic E-state index is 14.7. The van der Waals surface area contributed by atoms with Gasteiger partial charge < -0.3 is 26.2 Å². The van der Waals surface area contributed by atoms with Gasteiger partial charge in [-0.15, -0.1) is 0 Å². The van der Waals surface area contributed by atoms with E-state index >= 15 is 0 Å². The quantitative estimate of drug-likeness (QED) is 0.153. The largest absolute Gasteiger partial charge is 0.390 e. The van der Waals surface area contributed by atoms with Crippen molar-refractivity contribution in [3.8, 4) is 0 Å². The summed E-state index contributed by atoms with van der Waals surface area (Å²) in [7, 11) is 0. The monoisotopic (exact) mass is 773 g/mol. The molecule has 2 fully saturated rings. The Labute approximate surface area is 329 Å². The van der Waals surface area contributed by atoms with Gasteiger partial charge in [0.25, 0.3) is 5.91 Å². The molecule has 0 spiro atoms. The highest BCUT2D eigenvalue weighted by atomic mass is 32.2. The highest BCUT2D eigenvalue weighted by Crippen LogP contribution is 2.33. The molecule has 0 bridgehead atoms. The molecule has 55 heavy (non-hydrogen) atoms. The normalized spacial score (nSPS) is 18.2. The molecule has 1 unspecified atom stereocenters. The number of aliphatic hydroxyl groups excluding tert-OH is 2. The number of carbonyl (C=O) groups excluding carboxylic acids is 4. The molecule has 12 heteroatoms. The van der Waals surface area contributed by atoms with Gasteiger partial charge in [0, 0.05) is 56.2 Å². The standard InChI is InChI=1S/C43H59N5O6S/c1-29(49)48(38(31-12-4-3-5-13-31)27-40(51)39(50)19-18-35-16-8-9-22-45-35)43(54)37(28-55-2)46-42(53)33(26-41(52)47-23-20-34(44)21-24-47)25-32-15-10-14-30-11-6-7-17-36(30)32/h6-11,14-17,22,31,33-34,37-40,50-51H,3-5,12-13,18-21,23-28,44H2,1-2H3,(H,46,53)/t33-,37+,38?,39+,40-/m1/s1. The SMILES string of the molecule is CSC[C@H](NC(=O)[C@@H](CC(=O)N1CCC(N)CC1)Cc1cccc2ccccc12)C(=O)N(C(C)=O)C(C[C@@H](O)[C@@H](O)CCc1ccccn1)C1CCCCC1. The number of rotatable bonds is 17. The van der Waals surface area contributed by atoms with Crippen molar-refractivity contribution >= 4 is 46.2 Å². The minimum absolute atomic E-state index is 0.0248. The first-order valence-electron chi connectivity index (χ1n) is 19.9. The number of fused-ring (bicyclic) bond motifs is 1. The lowest BCUT2D eigenvalue weighted by Gasteiger charge is -2.40. The highest BCUT2D eigenvalue weighted by molar-refractivity contribution is 7.98. The number of carbonyl (C=O) groups is 4. The molecular formula is C43H59N5O6S. The topological polar surface area (TPSA) is 166 Å². The molecule has 1 saturated carbocycles. The maximum atomic E-state index is 14.7. The van der Waals surface area contributed by atoms with Crippen molar-refractivity contribution in [1.82, 2.24) is 20.1 Å². The highest BCUT2D eigenvalue weighted by Gasteiger charge is 2.40. The number of thioether (sulfide) groups is 1. The van der Waals surface area contributed by atoms with E-state index < -0.39 is 47.9 Å². The summed E-state index contributed by atoms with van der Waals surface area (Å²) in [5.41, 5.74) is 7.84. The average Bonchev–Trinajstić information content (AvgIpc) is 3.20. The number of hydrogen-bond donors (Lipinski definition) is 4. The molecule has 11 nitrogen and oxygen atoms in total. The molecule has 2 aliphatic rings. The fourth-order valence-electron chi connectivity index (χ4n) is 8.30. The van der Waals surface area contributed by atoms with E-state index in [4.69, 9.17) is 5.73 Å². The summed E-state index contributed by atoms with van der Waals surface area (Å²) < 4.78 is 0. The van der Waals surface area contributed by atoms with Gasteiger partial charge in [-0.3, -0.25) is 29.1 Å². The first-order valence-corrected chi connectivity index (χ1v) is 21.3. The van der Waals surface area contributed by atoms with Gasteiger partial charge in [-0.25, -0.2) is 0 Å². The van der Waals surface area contributed by atoms with Crippen molar-refractivity contribution in [2.24, 2.45) is 17.6 Å². The lowest BCUT2D eigenvalue weighted by Crippen LogP contribution is -2.58. The van der Waals surface area contributed by atoms with Crippen molar-refractivity contribution in [2.75, 3.05) is 25.1 Å². The van der Waals surface area contributed by atoms with E-state index in [0.717, 1.165) is 54.1 Å². The molecule has 1 aliphatic heterocycles. The predicted octanol–water partition coefficient (Wildman–Crippen LogP) is 4.65. The van der Waals surface area contributed by atoms with Crippen LogP contribution in [0.15, 0.2) is 66.9 Å². The zero-order chi connectivity index (χ0) is 39.3. The summed E-state index contributed by atoms with van der Waals surface area (Å²) in [5, 5.41) is 27.4. The molecule has 2 aromatic carbocycles. The van der Waals surface area contributed by atoms with Crippen LogP contribution in [0.4, 0.5) is 0 Å². The van der Waals surface area contributed by atoms with E-state index in [9.17, 15) is 29.4 Å². The molecule has 1 aromatic heterocycles. The summed E-state index contributed by atoms with van der Waals surface area (Å²) in [6.45, 7) is 2.42. The zero-order valence-electron chi connectivity index (χ0n) is 32.4. The Hall–Kier alpha value is -3.84. The van der Waals surface area contributed by atoms with Crippen molar-refractivity contribution in [2.45, 2.75) is 114 Å². The third-order valence-corrected chi connectivity index (χ3v) is 12.1. The van der Waals surface area contributed by atoms with Gasteiger partial charge in [0.05, 0.1) is 18.1 Å². The molecule has 1 saturated heterocycles. The maximum Gasteiger partial charge on any atom is 0.252 e. The first kappa shape index (κ1) is 42.3. The molecule has 3 aromatic rings. The van der Waals surface area contributed by atoms with Crippen LogP contribution in [0.3, 0.4) is 0 Å². The van der Waals surface area contributed by atoms with Crippen LogP contribution >= 0.6 is 11.8 Å². The minimum Gasteiger partial charge on any atom is -0.390 e. The molecule has 4 amide bonds. The van der Waals surface area contributed by atoms with Crippen molar-refractivity contribution < 1.29 is 29.4 Å². The zero-order valence-corrected chi connectivity index (χ0v) is 33.2. The Morgan fingerprint density at radius 2 is 1.65 bits per heavy atom. The number of pyridine rings is 1. The summed E-state index contributed by atoms with van der Waals surface area (Å²) >= 11 is 1.38. The third-order valence-electron chi connectivity index (χ3n) is 11.4. The number of imide groups is 1. The number of amides is 4. The van der Waals surface area contributed by atoms with Gasteiger partial charge in [0.2, 0.25) is 17.7 Å². The number of benzene rings is 2. The summed E-state index contributed by atoms with van der Waals surface area (Å²) in [4.78, 5) is 63.7. The van der Waals surface area contributed by atoms with Crippen LogP contribution in [0, 0.1) is 11.8 Å². The number of aryl methyl sites for hydroxylation is 1. The van der Waals surface area contributed by atoms with Crippen molar-refractivity contribution in [3.63, 3.8) is 0 Å². The van der Waals surface area contributed by atoms with Crippen LogP contribution in [-0.4, -0.2) is 104 Å². The van der Waals surface area contributed by atoms with Gasteiger partial charge >= 0.3 is 0 Å². The van der Waals surface area contributed by atoms with Gasteiger partial charge in [-0.1, -0.05) is 67.8 Å². The molecule has 1 aliphatic carbocycles. The molecule has 5 rings (SSSR count). The Bertz CT molecular complexity index is 1710. The second-order valence-corrected chi connectivity index (χ2v) is 16.3. The van der Waals surface area contributed by atoms with E-state index in [0.29, 0.717) is 32.4 Å². The van der Waals surface area contributed by atoms with Gasteiger partial charge in [-0.2, -0.15) is 11.8 Å². The minimum atomic E-state index is -1.18. The van der Waals surface area contributed by atoms with Crippen LogP contribution in [-0.2, 0) is 32.0 Å². The van der Waals surface area contributed by atoms with E-state index in [1.807, 2.05) is 66.9 Å². The van der Waals surface area contributed by atoms with Crippen molar-refractivity contribution in [1.29, 1.82) is 0 Å². The van der Waals surface area contributed by atoms with Gasteiger partial charge in [0.1, 0.15) is 6.04 Å². The Morgan fingerprint density at radius 3 is 2.35 bits per heavy atom. The Morgan fingerprint density at radius 1 is 0.945 bits per heavy atom. The lowest BCUT2D eigenvalue weighted by atomic mass is 9.80. The first-order chi connectivity index (χ1) is 26.5. The second kappa shape index (κ2) is 20.9. The molecule has 5 atom stereocenters. The van der Waals surface area contributed by atoms with E-state index in [1.54, 1.807) is 11.1 Å². The summed E-state index contributed by atoms with van der Waals surface area (Å²) in [5.74, 6) is -2.19. The molecular weight excluding hydrogens is 715 g/mol. The number of likely N-dealkylation sites (tertiary alicyclic amines) is 1. The number of hydrogen-bond acceptors (Lipinski definition) is 9. The fourth-order valence-corrected chi connectivity index (χ4v) is 8.86. The van der Waals surface area contributed by atoms with Crippen LogP contribution < -0.4 is 11.1 Å².